The quantitative estimate of drug-likeness (QED) is 0.714. The number of anilines is 1. The zero-order valence-corrected chi connectivity index (χ0v) is 19.1. The summed E-state index contributed by atoms with van der Waals surface area (Å²) in [7, 11) is 0. The number of rotatable bonds is 4. The van der Waals surface area contributed by atoms with Crippen LogP contribution in [0.15, 0.2) is 29.5 Å². The summed E-state index contributed by atoms with van der Waals surface area (Å²) >= 11 is 0. The van der Waals surface area contributed by atoms with Gasteiger partial charge >= 0.3 is 0 Å². The number of allylic oxidation sites excluding steroid dienone is 1. The Balaban J connectivity index is 0.00000289. The molecule has 4 heterocycles. The highest BCUT2D eigenvalue weighted by Gasteiger charge is 2.46. The van der Waals surface area contributed by atoms with E-state index in [4.69, 9.17) is 5.73 Å². The van der Waals surface area contributed by atoms with E-state index in [1.807, 2.05) is 11.9 Å². The van der Waals surface area contributed by atoms with Gasteiger partial charge < -0.3 is 11.1 Å². The zero-order valence-electron chi connectivity index (χ0n) is 18.3. The number of amides is 1. The van der Waals surface area contributed by atoms with Gasteiger partial charge in [0, 0.05) is 62.4 Å². The van der Waals surface area contributed by atoms with Crippen molar-refractivity contribution in [1.82, 2.24) is 24.8 Å². The van der Waals surface area contributed by atoms with Crippen molar-refractivity contribution in [2.45, 2.75) is 45.8 Å². The maximum Gasteiger partial charge on any atom is 0.286 e. The van der Waals surface area contributed by atoms with Crippen LogP contribution in [0.25, 0.3) is 16.7 Å². The van der Waals surface area contributed by atoms with Crippen LogP contribution in [0.4, 0.5) is 14.6 Å². The number of aromatic nitrogens is 3. The van der Waals surface area contributed by atoms with Crippen molar-refractivity contribution in [3.8, 4) is 0 Å². The molecule has 3 atom stereocenters. The fourth-order valence-electron chi connectivity index (χ4n) is 3.94. The Morgan fingerprint density at radius 2 is 2.03 bits per heavy atom. The number of halogens is 3. The molecule has 2 aliphatic rings. The van der Waals surface area contributed by atoms with Crippen molar-refractivity contribution in [1.29, 1.82) is 0 Å². The van der Waals surface area contributed by atoms with Gasteiger partial charge in [-0.1, -0.05) is 6.92 Å². The van der Waals surface area contributed by atoms with Crippen molar-refractivity contribution >= 4 is 46.6 Å². The van der Waals surface area contributed by atoms with E-state index < -0.39 is 12.1 Å². The number of nitrogens with zero attached hydrogens (tertiary/aromatic N) is 6. The van der Waals surface area contributed by atoms with Gasteiger partial charge in [-0.15, -0.1) is 12.4 Å². The molecule has 2 aromatic rings. The molecule has 9 nitrogen and oxygen atoms in total. The van der Waals surface area contributed by atoms with E-state index >= 15 is 0 Å². The summed E-state index contributed by atoms with van der Waals surface area (Å²) in [5, 5.41) is 11.1. The molecule has 2 aromatic heterocycles. The predicted octanol–water partition coefficient (Wildman–Crippen LogP) is 2.56. The fourth-order valence-corrected chi connectivity index (χ4v) is 3.94. The smallest absolute Gasteiger partial charge is 0.286 e. The van der Waals surface area contributed by atoms with Gasteiger partial charge in [0.15, 0.2) is 6.17 Å². The normalized spacial score (nSPS) is 24.2. The monoisotopic (exact) mass is 468 g/mol. The third-order valence-electron chi connectivity index (χ3n) is 5.51. The van der Waals surface area contributed by atoms with Gasteiger partial charge in [0.2, 0.25) is 5.91 Å². The largest absolute Gasteiger partial charge is 0.326 e. The van der Waals surface area contributed by atoms with Gasteiger partial charge in [-0.25, -0.2) is 23.5 Å². The number of hydrogen-bond acceptors (Lipinski definition) is 7. The van der Waals surface area contributed by atoms with Crippen LogP contribution in [0.3, 0.4) is 0 Å². The zero-order chi connectivity index (χ0) is 22.5. The second-order valence-corrected chi connectivity index (χ2v) is 8.33. The number of nitrogens with two attached hydrogens (primary N) is 1. The van der Waals surface area contributed by atoms with Crippen LogP contribution in [0.5, 0.6) is 0 Å². The molecule has 0 radical (unpaired) electrons. The molecular weight excluding hydrogens is 442 g/mol. The molecule has 0 bridgehead atoms. The summed E-state index contributed by atoms with van der Waals surface area (Å²) in [6.07, 6.45) is 3.48. The Labute approximate surface area is 190 Å². The molecule has 1 saturated heterocycles. The van der Waals surface area contributed by atoms with Gasteiger partial charge in [0.1, 0.15) is 11.6 Å². The van der Waals surface area contributed by atoms with E-state index in [0.717, 1.165) is 6.92 Å². The summed E-state index contributed by atoms with van der Waals surface area (Å²) in [4.78, 5) is 19.9. The third kappa shape index (κ3) is 4.45. The Bertz CT molecular complexity index is 1070. The number of hydrogen-bond donors (Lipinski definition) is 2. The highest BCUT2D eigenvalue weighted by molar-refractivity contribution is 5.99. The van der Waals surface area contributed by atoms with E-state index in [2.05, 4.69) is 20.4 Å². The van der Waals surface area contributed by atoms with Crippen LogP contribution >= 0.6 is 12.4 Å². The SMILES string of the molecule is CC(=O)Nc1cc2c(cn1)cnn2C1=CC(C)=NC(C(C)(F)F)N1N1C[C@H](C)[C@@H](N)C1.Cl. The number of nitrogens with one attached hydrogen (secondary N) is 1. The lowest BCUT2D eigenvalue weighted by Gasteiger charge is -2.43. The fraction of sp³-hybridized carbons (Fsp3) is 0.500. The van der Waals surface area contributed by atoms with Crippen LogP contribution in [0.1, 0.15) is 27.7 Å². The molecule has 1 fully saturated rings. The molecule has 32 heavy (non-hydrogen) atoms. The van der Waals surface area contributed by atoms with Crippen molar-refractivity contribution in [3.05, 3.63) is 24.5 Å². The topological polar surface area (TPSA) is 105 Å². The Hall–Kier alpha value is -2.63. The van der Waals surface area contributed by atoms with Crippen LogP contribution in [-0.4, -0.2) is 67.6 Å². The molecule has 1 amide bonds. The average molecular weight is 469 g/mol. The summed E-state index contributed by atoms with van der Waals surface area (Å²) < 4.78 is 31.0. The lowest BCUT2D eigenvalue weighted by atomic mass is 10.1. The molecule has 3 N–H and O–H groups in total. The second kappa shape index (κ2) is 8.72. The van der Waals surface area contributed by atoms with Crippen LogP contribution in [0.2, 0.25) is 0 Å². The van der Waals surface area contributed by atoms with Gasteiger partial charge in [-0.05, 0) is 12.8 Å². The molecule has 1 unspecified atom stereocenters. The number of alkyl halides is 2. The van der Waals surface area contributed by atoms with Crippen LogP contribution < -0.4 is 11.1 Å². The molecule has 4 rings (SSSR count). The average Bonchev–Trinajstić information content (AvgIpc) is 3.22. The van der Waals surface area contributed by atoms with Gasteiger partial charge in [0.05, 0.1) is 11.7 Å². The molecule has 12 heteroatoms. The lowest BCUT2D eigenvalue weighted by Crippen LogP contribution is -2.55. The van der Waals surface area contributed by atoms with Crippen molar-refractivity contribution in [3.63, 3.8) is 0 Å². The molecule has 174 valence electrons. The van der Waals surface area contributed by atoms with Crippen molar-refractivity contribution in [2.24, 2.45) is 16.6 Å². The Kier molecular flexibility index (Phi) is 6.55. The van der Waals surface area contributed by atoms with E-state index in [1.54, 1.807) is 36.1 Å². The molecule has 0 spiro atoms. The first-order chi connectivity index (χ1) is 14.5. The molecule has 0 aliphatic carbocycles. The molecule has 0 aromatic carbocycles. The van der Waals surface area contributed by atoms with Crippen molar-refractivity contribution in [2.75, 3.05) is 18.4 Å². The Morgan fingerprint density at radius 3 is 2.62 bits per heavy atom. The van der Waals surface area contributed by atoms with Crippen LogP contribution in [-0.2, 0) is 4.79 Å². The first-order valence-electron chi connectivity index (χ1n) is 10.1. The lowest BCUT2D eigenvalue weighted by molar-refractivity contribution is -0.114. The first kappa shape index (κ1) is 24.0. The number of carbonyl (C=O) groups excluding carboxylic acids is 1. The van der Waals surface area contributed by atoms with E-state index in [1.165, 1.54) is 11.9 Å². The third-order valence-corrected chi connectivity index (χ3v) is 5.51. The minimum absolute atomic E-state index is 0. The van der Waals surface area contributed by atoms with Crippen LogP contribution in [0, 0.1) is 5.92 Å². The van der Waals surface area contributed by atoms with Gasteiger partial charge in [0.25, 0.3) is 5.92 Å². The molecule has 2 aliphatic heterocycles. The minimum atomic E-state index is -3.11. The minimum Gasteiger partial charge on any atom is -0.326 e. The summed E-state index contributed by atoms with van der Waals surface area (Å²) in [6, 6.07) is 1.53. The second-order valence-electron chi connectivity index (χ2n) is 8.33. The number of pyridine rings is 1. The molecule has 0 saturated carbocycles. The Morgan fingerprint density at radius 1 is 1.31 bits per heavy atom. The van der Waals surface area contributed by atoms with E-state index in [0.29, 0.717) is 41.3 Å². The number of fused-ring (bicyclic) bond motifs is 1. The maximum atomic E-state index is 14.7. The number of hydrazine groups is 1. The van der Waals surface area contributed by atoms with Gasteiger partial charge in [-0.3, -0.25) is 14.8 Å². The van der Waals surface area contributed by atoms with E-state index in [9.17, 15) is 13.6 Å². The summed E-state index contributed by atoms with van der Waals surface area (Å²) in [5.41, 5.74) is 7.29. The molecular formula is C20H27ClF2N8O. The predicted molar refractivity (Wildman–Crippen MR) is 121 cm³/mol. The maximum absolute atomic E-state index is 14.7. The van der Waals surface area contributed by atoms with E-state index in [-0.39, 0.29) is 30.3 Å². The number of carbonyl (C=O) groups is 1. The highest BCUT2D eigenvalue weighted by atomic mass is 35.5. The van der Waals surface area contributed by atoms with Crippen molar-refractivity contribution < 1.29 is 13.6 Å². The summed E-state index contributed by atoms with van der Waals surface area (Å²) in [6.45, 7) is 6.89. The van der Waals surface area contributed by atoms with Gasteiger partial charge in [-0.2, -0.15) is 5.10 Å². The highest BCUT2D eigenvalue weighted by Crippen LogP contribution is 2.36. The first-order valence-corrected chi connectivity index (χ1v) is 10.1. The summed E-state index contributed by atoms with van der Waals surface area (Å²) in [5.74, 6) is -2.43. The number of aliphatic imine (C=N–C) groups is 1. The standard InChI is InChI=1S/C20H26F2N8O.ClH/c1-11-9-28(10-15(11)23)30-18(5-12(2)26-19(30)20(4,21)22)29-16-6-17(27-13(3)31)24-7-14(16)8-25-29;/h5-8,11,15,19H,9-10,23H2,1-4H3,(H,24,27,31);1H/t11-,15-,19?;/m0./s1.